The number of aromatic amines is 2. The molecular weight excluding hydrogens is 672 g/mol. The van der Waals surface area contributed by atoms with Gasteiger partial charge in [0.2, 0.25) is 0 Å². The molecule has 284 valence electrons. The van der Waals surface area contributed by atoms with Gasteiger partial charge in [-0.3, -0.25) is 14.4 Å². The molecule has 2 fully saturated rings. The Morgan fingerprint density at radius 2 is 1.19 bits per heavy atom. The number of carboxylic acid groups (broad SMARTS) is 1. The molecule has 2 atom stereocenters. The van der Waals surface area contributed by atoms with Crippen molar-refractivity contribution in [2.24, 2.45) is 16.6 Å². The molecule has 4 heterocycles. The van der Waals surface area contributed by atoms with Gasteiger partial charge in [0.25, 0.3) is 5.91 Å². The average molecular weight is 727 g/mol. The molecule has 0 unspecified atom stereocenters. The van der Waals surface area contributed by atoms with Crippen molar-refractivity contribution in [1.29, 1.82) is 0 Å². The van der Waals surface area contributed by atoms with Gasteiger partial charge in [0.15, 0.2) is 11.6 Å². The van der Waals surface area contributed by atoms with Gasteiger partial charge in [0.05, 0.1) is 36.2 Å². The van der Waals surface area contributed by atoms with E-state index in [-0.39, 0.29) is 45.3 Å². The van der Waals surface area contributed by atoms with Crippen LogP contribution in [0.4, 0.5) is 0 Å². The van der Waals surface area contributed by atoms with Gasteiger partial charge >= 0.3 is 5.97 Å². The van der Waals surface area contributed by atoms with E-state index in [2.05, 4.69) is 43.0 Å². The second-order valence-corrected chi connectivity index (χ2v) is 17.8. The first-order valence-corrected chi connectivity index (χ1v) is 18.6. The maximum atomic E-state index is 12.9. The van der Waals surface area contributed by atoms with Crippen molar-refractivity contribution in [2.45, 2.75) is 104 Å². The highest BCUT2D eigenvalue weighted by atomic mass is 16.5. The summed E-state index contributed by atoms with van der Waals surface area (Å²) < 4.78 is 10.3. The number of aromatic carboxylic acids is 1. The summed E-state index contributed by atoms with van der Waals surface area (Å²) >= 11 is 0. The number of amides is 1. The summed E-state index contributed by atoms with van der Waals surface area (Å²) in [6, 6.07) is 11.0. The van der Waals surface area contributed by atoms with Crippen LogP contribution in [0.2, 0.25) is 0 Å². The van der Waals surface area contributed by atoms with E-state index in [4.69, 9.17) is 15.2 Å². The molecule has 11 nitrogen and oxygen atoms in total. The third-order valence-corrected chi connectivity index (χ3v) is 11.1. The molecule has 11 heteroatoms. The first-order valence-electron chi connectivity index (χ1n) is 18.6. The predicted molar refractivity (Wildman–Crippen MR) is 205 cm³/mol. The van der Waals surface area contributed by atoms with Crippen molar-refractivity contribution >= 4 is 45.2 Å². The van der Waals surface area contributed by atoms with Gasteiger partial charge in [0.1, 0.15) is 0 Å². The maximum absolute atomic E-state index is 12.9. The molecule has 2 saturated heterocycles. The topological polar surface area (TPSA) is 177 Å². The Hall–Kier alpha value is -4.32. The summed E-state index contributed by atoms with van der Waals surface area (Å²) in [5.41, 5.74) is 10.2. The molecular formula is C42H54N4O7. The zero-order valence-electron chi connectivity index (χ0n) is 32.2. The van der Waals surface area contributed by atoms with Crippen molar-refractivity contribution < 1.29 is 33.8 Å². The van der Waals surface area contributed by atoms with E-state index >= 15 is 0 Å². The molecule has 0 bridgehead atoms. The van der Waals surface area contributed by atoms with Crippen LogP contribution >= 0.6 is 0 Å². The molecule has 53 heavy (non-hydrogen) atoms. The Kier molecular flexibility index (Phi) is 10.0. The van der Waals surface area contributed by atoms with Crippen molar-refractivity contribution in [3.8, 4) is 0 Å². The number of aromatic nitrogens is 2. The quantitative estimate of drug-likeness (QED) is 0.149. The third kappa shape index (κ3) is 7.43. The lowest BCUT2D eigenvalue weighted by Gasteiger charge is -2.39. The van der Waals surface area contributed by atoms with Gasteiger partial charge in [-0.25, -0.2) is 4.79 Å². The van der Waals surface area contributed by atoms with Crippen molar-refractivity contribution in [2.75, 3.05) is 26.4 Å². The van der Waals surface area contributed by atoms with Crippen LogP contribution < -0.4 is 11.1 Å². The lowest BCUT2D eigenvalue weighted by Crippen LogP contribution is -2.39. The Balaban J connectivity index is 0.000000159. The fraction of sp³-hybridized carbons (Fsp3) is 0.524. The lowest BCUT2D eigenvalue weighted by atomic mass is 9.63. The molecule has 8 rings (SSSR count). The number of nitrogens with two attached hydrogens (primary N) is 1. The summed E-state index contributed by atoms with van der Waals surface area (Å²) in [4.78, 5) is 55.9. The van der Waals surface area contributed by atoms with E-state index in [9.17, 15) is 24.3 Å². The van der Waals surface area contributed by atoms with Gasteiger partial charge in [-0.05, 0) is 84.0 Å². The zero-order valence-corrected chi connectivity index (χ0v) is 32.2. The Bertz CT molecular complexity index is 2090. The zero-order chi connectivity index (χ0) is 38.7. The third-order valence-electron chi connectivity index (χ3n) is 11.1. The second-order valence-electron chi connectivity index (χ2n) is 17.8. The van der Waals surface area contributed by atoms with Gasteiger partial charge in [-0.15, -0.1) is 0 Å². The molecule has 2 aliphatic carbocycles. The van der Waals surface area contributed by atoms with Crippen LogP contribution in [-0.2, 0) is 20.3 Å². The minimum Gasteiger partial charge on any atom is -0.478 e. The van der Waals surface area contributed by atoms with E-state index < -0.39 is 11.4 Å². The number of ketones is 2. The summed E-state index contributed by atoms with van der Waals surface area (Å²) in [7, 11) is 0. The highest BCUT2D eigenvalue weighted by Gasteiger charge is 2.47. The highest BCUT2D eigenvalue weighted by Crippen LogP contribution is 2.49. The van der Waals surface area contributed by atoms with Crippen LogP contribution in [0.25, 0.3) is 21.8 Å². The number of benzene rings is 2. The second kappa shape index (κ2) is 13.8. The fourth-order valence-corrected chi connectivity index (χ4v) is 9.10. The Morgan fingerprint density at radius 3 is 1.60 bits per heavy atom. The average Bonchev–Trinajstić information content (AvgIpc) is 3.88. The van der Waals surface area contributed by atoms with E-state index in [0.29, 0.717) is 36.2 Å². The minimum atomic E-state index is -0.952. The molecule has 0 saturated carbocycles. The number of ether oxygens (including phenoxy) is 2. The van der Waals surface area contributed by atoms with Crippen LogP contribution in [0.5, 0.6) is 0 Å². The molecule has 1 amide bonds. The monoisotopic (exact) mass is 726 g/mol. The Morgan fingerprint density at radius 1 is 0.717 bits per heavy atom. The number of nitrogens with one attached hydrogen (secondary N) is 3. The summed E-state index contributed by atoms with van der Waals surface area (Å²) in [6.07, 6.45) is 3.43. The van der Waals surface area contributed by atoms with Gasteiger partial charge in [0, 0.05) is 57.5 Å². The standard InChI is InChI=1S/C21H26N2O3.C17H19NO3.C4H9NO/c1-20(2)11-21(3,4)18(24)17-16(20)14-9-12(5-6-15(14)23-17)19(25)22-13-7-8-26-10-13;1-16(2)8-17(3,4)14(19)13-12(16)10-7-9(15(20)21)5-6-11(10)18-13;5-4-1-2-6-3-4/h5-6,9,13,23H,7-8,10-11H2,1-4H3,(H,22,25);5-7,18H,8H2,1-4H3,(H,20,21);4H,1-3,5H2/t13-;;4-/m1.1/s1. The summed E-state index contributed by atoms with van der Waals surface area (Å²) in [5.74, 6) is -0.785. The Labute approximate surface area is 310 Å². The maximum Gasteiger partial charge on any atom is 0.335 e. The predicted octanol–water partition coefficient (Wildman–Crippen LogP) is 7.07. The highest BCUT2D eigenvalue weighted by molar-refractivity contribution is 6.09. The van der Waals surface area contributed by atoms with E-state index in [1.807, 2.05) is 45.9 Å². The van der Waals surface area contributed by atoms with Crippen molar-refractivity contribution in [1.82, 2.24) is 15.3 Å². The molecule has 0 radical (unpaired) electrons. The largest absolute Gasteiger partial charge is 0.478 e. The lowest BCUT2D eigenvalue weighted by molar-refractivity contribution is 0.0695. The van der Waals surface area contributed by atoms with Crippen LogP contribution in [-0.4, -0.2) is 77.0 Å². The molecule has 6 N–H and O–H groups in total. The normalized spacial score (nSPS) is 23.3. The molecule has 4 aromatic rings. The summed E-state index contributed by atoms with van der Waals surface area (Å²) in [6.45, 7) is 19.4. The number of hydrogen-bond acceptors (Lipinski definition) is 7. The van der Waals surface area contributed by atoms with Gasteiger partial charge in [-0.1, -0.05) is 55.4 Å². The first-order chi connectivity index (χ1) is 24.7. The molecule has 2 aromatic heterocycles. The molecule has 2 aromatic carbocycles. The number of rotatable bonds is 3. The SMILES string of the molecule is CC1(C)CC(C)(C)c2c([nH]c3ccc(C(=O)N[C@@H]4CCOC4)cc23)C1=O.CC1(C)CC(C)(C)c2c([nH]c3ccc(C(=O)O)cc23)C1=O.N[C@@H]1CCOC1. The van der Waals surface area contributed by atoms with Crippen LogP contribution in [0, 0.1) is 10.8 Å². The van der Waals surface area contributed by atoms with Crippen LogP contribution in [0.1, 0.15) is 134 Å². The number of hydrogen-bond donors (Lipinski definition) is 5. The van der Waals surface area contributed by atoms with Crippen molar-refractivity contribution in [3.63, 3.8) is 0 Å². The minimum absolute atomic E-state index is 0.0807. The van der Waals surface area contributed by atoms with Gasteiger partial charge < -0.3 is 35.6 Å². The molecule has 4 aliphatic rings. The van der Waals surface area contributed by atoms with E-state index in [1.165, 1.54) is 0 Å². The summed E-state index contributed by atoms with van der Waals surface area (Å²) in [5, 5.41) is 14.0. The first kappa shape index (κ1) is 38.4. The smallest absolute Gasteiger partial charge is 0.335 e. The van der Waals surface area contributed by atoms with Crippen molar-refractivity contribution in [3.05, 3.63) is 70.0 Å². The van der Waals surface area contributed by atoms with Crippen LogP contribution in [0.15, 0.2) is 36.4 Å². The van der Waals surface area contributed by atoms with Gasteiger partial charge in [-0.2, -0.15) is 0 Å². The number of carboxylic acids is 1. The van der Waals surface area contributed by atoms with Crippen LogP contribution in [0.3, 0.4) is 0 Å². The van der Waals surface area contributed by atoms with E-state index in [1.54, 1.807) is 18.2 Å². The number of Topliss-reactive ketones (excluding diaryl/α,β-unsaturated/α-hetero) is 2. The van der Waals surface area contributed by atoms with E-state index in [0.717, 1.165) is 71.8 Å². The molecule has 0 spiro atoms. The number of H-pyrrole nitrogens is 2. The molecule has 2 aliphatic heterocycles. The fourth-order valence-electron chi connectivity index (χ4n) is 9.10. The number of fused-ring (bicyclic) bond motifs is 6. The number of carbonyl (C=O) groups excluding carboxylic acids is 3. The number of carbonyl (C=O) groups is 4.